The normalized spacial score (nSPS) is 14.9. The second-order valence-corrected chi connectivity index (χ2v) is 6.48. The average molecular weight is 331 g/mol. The summed E-state index contributed by atoms with van der Waals surface area (Å²) in [4.78, 5) is 27.6. The summed E-state index contributed by atoms with van der Waals surface area (Å²) in [6.07, 6.45) is -0.0172. The summed E-state index contributed by atoms with van der Waals surface area (Å²) in [6.45, 7) is 2.78. The Morgan fingerprint density at radius 3 is 2.96 bits per heavy atom. The Kier molecular flexibility index (Phi) is 4.34. The number of hydrogen-bond acceptors (Lipinski definition) is 5. The molecule has 0 saturated carbocycles. The minimum absolute atomic E-state index is 0.0144. The summed E-state index contributed by atoms with van der Waals surface area (Å²) in [5, 5.41) is 11.4. The van der Waals surface area contributed by atoms with E-state index in [9.17, 15) is 14.7 Å². The Bertz CT molecular complexity index is 740. The van der Waals surface area contributed by atoms with Gasteiger partial charge in [0.2, 0.25) is 0 Å². The molecule has 1 atom stereocenters. The van der Waals surface area contributed by atoms with Crippen molar-refractivity contribution >= 4 is 23.2 Å². The number of benzene rings is 1. The number of esters is 1. The van der Waals surface area contributed by atoms with Gasteiger partial charge in [-0.1, -0.05) is 6.07 Å². The third kappa shape index (κ3) is 3.37. The molecule has 0 aliphatic carbocycles. The molecule has 0 radical (unpaired) electrons. The van der Waals surface area contributed by atoms with E-state index in [2.05, 4.69) is 0 Å². The van der Waals surface area contributed by atoms with Crippen LogP contribution < -0.4 is 0 Å². The second kappa shape index (κ2) is 6.42. The van der Waals surface area contributed by atoms with Gasteiger partial charge in [-0.05, 0) is 48.6 Å². The number of nitrogens with zero attached hydrogens (tertiary/aromatic N) is 1. The van der Waals surface area contributed by atoms with Crippen LogP contribution in [-0.2, 0) is 22.5 Å². The fraction of sp³-hybridized carbons (Fsp3) is 0.294. The number of aromatic hydroxyl groups is 1. The maximum Gasteiger partial charge on any atom is 0.339 e. The van der Waals surface area contributed by atoms with Crippen molar-refractivity contribution in [1.29, 1.82) is 0 Å². The highest BCUT2D eigenvalue weighted by Gasteiger charge is 2.27. The van der Waals surface area contributed by atoms with Crippen molar-refractivity contribution in [2.45, 2.75) is 26.0 Å². The molecular weight excluding hydrogens is 314 g/mol. The summed E-state index contributed by atoms with van der Waals surface area (Å²) in [6, 6.07) is 7.91. The second-order valence-electron chi connectivity index (χ2n) is 5.48. The predicted octanol–water partition coefficient (Wildman–Crippen LogP) is 2.58. The molecule has 6 heteroatoms. The van der Waals surface area contributed by atoms with Gasteiger partial charge in [-0.15, -0.1) is 11.3 Å². The van der Waals surface area contributed by atoms with E-state index in [-0.39, 0.29) is 17.2 Å². The number of hydrogen-bond donors (Lipinski definition) is 1. The minimum atomic E-state index is -0.856. The summed E-state index contributed by atoms with van der Waals surface area (Å²) in [5.41, 5.74) is 1.39. The van der Waals surface area contributed by atoms with Crippen molar-refractivity contribution in [3.05, 3.63) is 51.7 Å². The van der Waals surface area contributed by atoms with Crippen molar-refractivity contribution in [2.24, 2.45) is 0 Å². The van der Waals surface area contributed by atoms with Gasteiger partial charge in [-0.3, -0.25) is 4.79 Å². The fourth-order valence-corrected chi connectivity index (χ4v) is 3.50. The number of phenolic OH excluding ortho intramolecular Hbond substituents is 1. The molecule has 3 rings (SSSR count). The molecule has 1 amide bonds. The largest absolute Gasteiger partial charge is 0.508 e. The molecule has 0 bridgehead atoms. The van der Waals surface area contributed by atoms with E-state index < -0.39 is 12.1 Å². The van der Waals surface area contributed by atoms with Crippen LogP contribution in [0.2, 0.25) is 0 Å². The van der Waals surface area contributed by atoms with Crippen molar-refractivity contribution in [3.8, 4) is 5.75 Å². The van der Waals surface area contributed by atoms with E-state index in [1.54, 1.807) is 29.2 Å². The van der Waals surface area contributed by atoms with Crippen LogP contribution in [0.15, 0.2) is 35.7 Å². The monoisotopic (exact) mass is 331 g/mol. The lowest BCUT2D eigenvalue weighted by atomic mass is 10.1. The van der Waals surface area contributed by atoms with E-state index in [0.29, 0.717) is 13.1 Å². The Balaban J connectivity index is 1.63. The molecule has 1 aromatic carbocycles. The van der Waals surface area contributed by atoms with E-state index >= 15 is 0 Å². The zero-order valence-electron chi connectivity index (χ0n) is 12.7. The first-order chi connectivity index (χ1) is 11.0. The van der Waals surface area contributed by atoms with Crippen LogP contribution in [0, 0.1) is 0 Å². The van der Waals surface area contributed by atoms with Gasteiger partial charge in [0.15, 0.2) is 6.10 Å². The van der Waals surface area contributed by atoms with Crippen molar-refractivity contribution in [3.63, 3.8) is 0 Å². The topological polar surface area (TPSA) is 66.8 Å². The lowest BCUT2D eigenvalue weighted by Crippen LogP contribution is -2.42. The van der Waals surface area contributed by atoms with Gasteiger partial charge in [0.25, 0.3) is 5.91 Å². The predicted molar refractivity (Wildman–Crippen MR) is 86.4 cm³/mol. The third-order valence-corrected chi connectivity index (χ3v) is 4.86. The zero-order valence-corrected chi connectivity index (χ0v) is 13.5. The molecule has 1 aliphatic rings. The minimum Gasteiger partial charge on any atom is -0.508 e. The number of fused-ring (bicyclic) bond motifs is 1. The van der Waals surface area contributed by atoms with Crippen LogP contribution in [0.4, 0.5) is 0 Å². The molecule has 120 valence electrons. The molecule has 0 spiro atoms. The van der Waals surface area contributed by atoms with Crippen LogP contribution >= 0.6 is 11.3 Å². The van der Waals surface area contributed by atoms with Crippen LogP contribution in [0.25, 0.3) is 0 Å². The van der Waals surface area contributed by atoms with Gasteiger partial charge in [-0.25, -0.2) is 4.79 Å². The standard InChI is InChI=1S/C17H17NO4S/c1-11(22-17(21)12-3-2-4-14(19)9-12)16(20)18-7-5-15-13(10-18)6-8-23-15/h2-4,6,8-9,11,19H,5,7,10H2,1H3. The summed E-state index contributed by atoms with van der Waals surface area (Å²) in [5.74, 6) is -0.829. The Morgan fingerprint density at radius 2 is 2.17 bits per heavy atom. The van der Waals surface area contributed by atoms with Gasteiger partial charge in [-0.2, -0.15) is 0 Å². The first-order valence-corrected chi connectivity index (χ1v) is 8.26. The molecule has 1 aromatic heterocycles. The number of rotatable bonds is 3. The SMILES string of the molecule is CC(OC(=O)c1cccc(O)c1)C(=O)N1CCc2sccc2C1. The first kappa shape index (κ1) is 15.6. The highest BCUT2D eigenvalue weighted by molar-refractivity contribution is 7.10. The van der Waals surface area contributed by atoms with Crippen molar-refractivity contribution in [1.82, 2.24) is 4.90 Å². The Hall–Kier alpha value is -2.34. The van der Waals surface area contributed by atoms with E-state index in [0.717, 1.165) is 6.42 Å². The van der Waals surface area contributed by atoms with Crippen molar-refractivity contribution in [2.75, 3.05) is 6.54 Å². The number of carbonyl (C=O) groups excluding carboxylic acids is 2. The van der Waals surface area contributed by atoms with Crippen LogP contribution in [0.1, 0.15) is 27.7 Å². The molecule has 1 unspecified atom stereocenters. The number of amides is 1. The summed E-state index contributed by atoms with van der Waals surface area (Å²) in [7, 11) is 0. The molecule has 0 fully saturated rings. The van der Waals surface area contributed by atoms with Crippen LogP contribution in [0.5, 0.6) is 5.75 Å². The van der Waals surface area contributed by atoms with Crippen LogP contribution in [-0.4, -0.2) is 34.5 Å². The highest BCUT2D eigenvalue weighted by Crippen LogP contribution is 2.24. The molecule has 2 aromatic rings. The third-order valence-electron chi connectivity index (χ3n) is 3.83. The number of carbonyl (C=O) groups is 2. The van der Waals surface area contributed by atoms with Gasteiger partial charge >= 0.3 is 5.97 Å². The van der Waals surface area contributed by atoms with Crippen LogP contribution in [0.3, 0.4) is 0 Å². The molecule has 1 aliphatic heterocycles. The summed E-state index contributed by atoms with van der Waals surface area (Å²) >= 11 is 1.71. The van der Waals surface area contributed by atoms with E-state index in [4.69, 9.17) is 4.74 Å². The smallest absolute Gasteiger partial charge is 0.339 e. The van der Waals surface area contributed by atoms with Crippen molar-refractivity contribution < 1.29 is 19.4 Å². The van der Waals surface area contributed by atoms with Gasteiger partial charge < -0.3 is 14.7 Å². The summed E-state index contributed by atoms with van der Waals surface area (Å²) < 4.78 is 5.24. The lowest BCUT2D eigenvalue weighted by molar-refractivity contribution is -0.140. The quantitative estimate of drug-likeness (QED) is 0.878. The van der Waals surface area contributed by atoms with Gasteiger partial charge in [0.05, 0.1) is 5.56 Å². The fourth-order valence-electron chi connectivity index (χ4n) is 2.61. The Morgan fingerprint density at radius 1 is 1.35 bits per heavy atom. The Labute approximate surface area is 138 Å². The van der Waals surface area contributed by atoms with E-state index in [1.165, 1.54) is 28.6 Å². The van der Waals surface area contributed by atoms with E-state index in [1.807, 2.05) is 11.4 Å². The highest BCUT2D eigenvalue weighted by atomic mass is 32.1. The number of ether oxygens (including phenoxy) is 1. The molecular formula is C17H17NO4S. The number of thiophene rings is 1. The molecule has 1 N–H and O–H groups in total. The maximum absolute atomic E-state index is 12.5. The molecule has 2 heterocycles. The molecule has 5 nitrogen and oxygen atoms in total. The molecule has 23 heavy (non-hydrogen) atoms. The zero-order chi connectivity index (χ0) is 16.4. The maximum atomic E-state index is 12.5. The lowest BCUT2D eigenvalue weighted by Gasteiger charge is -2.29. The number of phenols is 1. The van der Waals surface area contributed by atoms with Gasteiger partial charge in [0.1, 0.15) is 5.75 Å². The van der Waals surface area contributed by atoms with Gasteiger partial charge in [0, 0.05) is 18.0 Å². The average Bonchev–Trinajstić information content (AvgIpc) is 3.01. The first-order valence-electron chi connectivity index (χ1n) is 7.38. The molecule has 0 saturated heterocycles.